The minimum absolute atomic E-state index is 0.199. The Balaban J connectivity index is 1.73. The summed E-state index contributed by atoms with van der Waals surface area (Å²) in [6.07, 6.45) is 8.09. The fraction of sp³-hybridized carbons (Fsp3) is 0.500. The van der Waals surface area contributed by atoms with Crippen molar-refractivity contribution in [1.82, 2.24) is 20.1 Å². The second-order valence-corrected chi connectivity index (χ2v) is 6.56. The highest BCUT2D eigenvalue weighted by molar-refractivity contribution is 5.58. The van der Waals surface area contributed by atoms with Gasteiger partial charge in [-0.2, -0.15) is 5.10 Å². The summed E-state index contributed by atoms with van der Waals surface area (Å²) >= 11 is 0. The molecule has 3 rings (SSSR count). The molecule has 0 amide bonds. The third-order valence-electron chi connectivity index (χ3n) is 4.94. The van der Waals surface area contributed by atoms with Crippen LogP contribution in [0.4, 0.5) is 5.95 Å². The lowest BCUT2D eigenvalue weighted by atomic mass is 9.80. The number of hydrogen-bond donors (Lipinski definition) is 1. The lowest BCUT2D eigenvalue weighted by Gasteiger charge is -2.43. The van der Waals surface area contributed by atoms with Crippen LogP contribution in [0.2, 0.25) is 0 Å². The molecular formula is C18H25N5. The summed E-state index contributed by atoms with van der Waals surface area (Å²) in [5.41, 5.74) is 2.11. The SMILES string of the molecule is CN(C)C1(CNc2nncc(-c3ccccc3)n2)CCCCC1. The number of anilines is 1. The molecule has 5 heteroatoms. The van der Waals surface area contributed by atoms with Crippen molar-refractivity contribution in [3.63, 3.8) is 0 Å². The van der Waals surface area contributed by atoms with Crippen molar-refractivity contribution in [2.24, 2.45) is 0 Å². The van der Waals surface area contributed by atoms with Gasteiger partial charge in [-0.25, -0.2) is 4.98 Å². The molecule has 5 nitrogen and oxygen atoms in total. The minimum atomic E-state index is 0.199. The van der Waals surface area contributed by atoms with E-state index in [0.717, 1.165) is 17.8 Å². The molecular weight excluding hydrogens is 286 g/mol. The molecule has 1 heterocycles. The highest BCUT2D eigenvalue weighted by Gasteiger charge is 2.34. The van der Waals surface area contributed by atoms with Gasteiger partial charge in [-0.05, 0) is 26.9 Å². The van der Waals surface area contributed by atoms with Crippen molar-refractivity contribution in [3.05, 3.63) is 36.5 Å². The number of nitrogens with zero attached hydrogens (tertiary/aromatic N) is 4. The minimum Gasteiger partial charge on any atom is -0.351 e. The summed E-state index contributed by atoms with van der Waals surface area (Å²) in [6.45, 7) is 0.861. The quantitative estimate of drug-likeness (QED) is 0.919. The lowest BCUT2D eigenvalue weighted by Crippen LogP contribution is -2.51. The molecule has 0 spiro atoms. The molecule has 1 saturated carbocycles. The summed E-state index contributed by atoms with van der Waals surface area (Å²) in [4.78, 5) is 6.97. The molecule has 1 N–H and O–H groups in total. The van der Waals surface area contributed by atoms with E-state index < -0.39 is 0 Å². The Bertz CT molecular complexity index is 620. The predicted molar refractivity (Wildman–Crippen MR) is 93.3 cm³/mol. The zero-order chi connectivity index (χ0) is 16.1. The van der Waals surface area contributed by atoms with Gasteiger partial charge in [0.25, 0.3) is 0 Å². The zero-order valence-electron chi connectivity index (χ0n) is 14.0. The van der Waals surface area contributed by atoms with Gasteiger partial charge in [-0.3, -0.25) is 0 Å². The molecule has 1 aromatic carbocycles. The largest absolute Gasteiger partial charge is 0.351 e. The van der Waals surface area contributed by atoms with Gasteiger partial charge >= 0.3 is 0 Å². The molecule has 122 valence electrons. The topological polar surface area (TPSA) is 53.9 Å². The molecule has 1 aliphatic carbocycles. The molecule has 0 bridgehead atoms. The molecule has 0 aliphatic heterocycles. The first-order valence-electron chi connectivity index (χ1n) is 8.36. The highest BCUT2D eigenvalue weighted by atomic mass is 15.3. The molecule has 0 radical (unpaired) electrons. The zero-order valence-corrected chi connectivity index (χ0v) is 14.0. The average Bonchev–Trinajstić information content (AvgIpc) is 2.62. The molecule has 1 aromatic heterocycles. The number of likely N-dealkylation sites (N-methyl/N-ethyl adjacent to an activating group) is 1. The molecule has 0 unspecified atom stereocenters. The highest BCUT2D eigenvalue weighted by Crippen LogP contribution is 2.32. The van der Waals surface area contributed by atoms with E-state index in [2.05, 4.69) is 39.5 Å². The Morgan fingerprint density at radius 2 is 1.83 bits per heavy atom. The number of hydrogen-bond acceptors (Lipinski definition) is 5. The van der Waals surface area contributed by atoms with Crippen molar-refractivity contribution in [2.45, 2.75) is 37.6 Å². The van der Waals surface area contributed by atoms with Gasteiger partial charge in [-0.1, -0.05) is 49.6 Å². The first-order chi connectivity index (χ1) is 11.2. The Morgan fingerprint density at radius 1 is 1.09 bits per heavy atom. The van der Waals surface area contributed by atoms with Crippen LogP contribution in [0.25, 0.3) is 11.3 Å². The smallest absolute Gasteiger partial charge is 0.243 e. The third-order valence-corrected chi connectivity index (χ3v) is 4.94. The van der Waals surface area contributed by atoms with Crippen LogP contribution < -0.4 is 5.32 Å². The van der Waals surface area contributed by atoms with Crippen LogP contribution in [0.15, 0.2) is 36.5 Å². The van der Waals surface area contributed by atoms with Gasteiger partial charge in [0.1, 0.15) is 0 Å². The van der Waals surface area contributed by atoms with Crippen LogP contribution in [-0.4, -0.2) is 46.3 Å². The summed E-state index contributed by atoms with van der Waals surface area (Å²) in [6, 6.07) is 10.1. The van der Waals surface area contributed by atoms with Gasteiger partial charge in [0, 0.05) is 17.6 Å². The molecule has 1 aliphatic rings. The van der Waals surface area contributed by atoms with Crippen LogP contribution in [-0.2, 0) is 0 Å². The van der Waals surface area contributed by atoms with E-state index in [1.54, 1.807) is 6.20 Å². The number of aromatic nitrogens is 3. The van der Waals surface area contributed by atoms with Crippen molar-refractivity contribution in [2.75, 3.05) is 26.0 Å². The first-order valence-corrected chi connectivity index (χ1v) is 8.36. The second-order valence-electron chi connectivity index (χ2n) is 6.56. The van der Waals surface area contributed by atoms with Gasteiger partial charge < -0.3 is 10.2 Å². The second kappa shape index (κ2) is 7.04. The summed E-state index contributed by atoms with van der Waals surface area (Å²) in [7, 11) is 4.35. The van der Waals surface area contributed by atoms with Gasteiger partial charge in [0.2, 0.25) is 5.95 Å². The van der Waals surface area contributed by atoms with Crippen LogP contribution in [0.5, 0.6) is 0 Å². The number of benzene rings is 1. The van der Waals surface area contributed by atoms with Gasteiger partial charge in [-0.15, -0.1) is 5.10 Å². The van der Waals surface area contributed by atoms with E-state index in [9.17, 15) is 0 Å². The molecule has 1 fully saturated rings. The Kier molecular flexibility index (Phi) is 4.86. The fourth-order valence-electron chi connectivity index (χ4n) is 3.36. The van der Waals surface area contributed by atoms with Crippen molar-refractivity contribution < 1.29 is 0 Å². The monoisotopic (exact) mass is 311 g/mol. The van der Waals surface area contributed by atoms with Gasteiger partial charge in [0.05, 0.1) is 11.9 Å². The molecule has 0 atom stereocenters. The van der Waals surface area contributed by atoms with Gasteiger partial charge in [0.15, 0.2) is 0 Å². The van der Waals surface area contributed by atoms with Crippen LogP contribution in [0, 0.1) is 0 Å². The molecule has 0 saturated heterocycles. The standard InChI is InChI=1S/C18H25N5/c1-23(2)18(11-7-4-8-12-18)14-19-17-21-16(13-20-22-17)15-9-5-3-6-10-15/h3,5-6,9-10,13H,4,7-8,11-12,14H2,1-2H3,(H,19,21,22). The normalized spacial score (nSPS) is 17.2. The Labute approximate surface area is 138 Å². The fourth-order valence-corrected chi connectivity index (χ4v) is 3.36. The summed E-state index contributed by atoms with van der Waals surface area (Å²) in [5, 5.41) is 11.7. The van der Waals surface area contributed by atoms with E-state index in [-0.39, 0.29) is 5.54 Å². The maximum atomic E-state index is 4.61. The van der Waals surface area contributed by atoms with E-state index in [1.807, 2.05) is 30.3 Å². The maximum absolute atomic E-state index is 4.61. The van der Waals surface area contributed by atoms with Crippen LogP contribution in [0.3, 0.4) is 0 Å². The average molecular weight is 311 g/mol. The van der Waals surface area contributed by atoms with E-state index >= 15 is 0 Å². The summed E-state index contributed by atoms with van der Waals surface area (Å²) < 4.78 is 0. The van der Waals surface area contributed by atoms with Crippen LogP contribution >= 0.6 is 0 Å². The van der Waals surface area contributed by atoms with E-state index in [1.165, 1.54) is 32.1 Å². The Morgan fingerprint density at radius 3 is 2.52 bits per heavy atom. The number of rotatable bonds is 5. The molecule has 2 aromatic rings. The summed E-state index contributed by atoms with van der Waals surface area (Å²) in [5.74, 6) is 0.609. The number of nitrogens with one attached hydrogen (secondary N) is 1. The van der Waals surface area contributed by atoms with E-state index in [0.29, 0.717) is 5.95 Å². The lowest BCUT2D eigenvalue weighted by molar-refractivity contribution is 0.113. The van der Waals surface area contributed by atoms with Crippen LogP contribution in [0.1, 0.15) is 32.1 Å². The third kappa shape index (κ3) is 3.67. The van der Waals surface area contributed by atoms with Crippen molar-refractivity contribution >= 4 is 5.95 Å². The van der Waals surface area contributed by atoms with Crippen molar-refractivity contribution in [1.29, 1.82) is 0 Å². The predicted octanol–water partition coefficient (Wildman–Crippen LogP) is 3.22. The van der Waals surface area contributed by atoms with E-state index in [4.69, 9.17) is 0 Å². The maximum Gasteiger partial charge on any atom is 0.243 e. The van der Waals surface area contributed by atoms with Crippen molar-refractivity contribution in [3.8, 4) is 11.3 Å². The Hall–Kier alpha value is -2.01. The molecule has 23 heavy (non-hydrogen) atoms. The first kappa shape index (κ1) is 15.9.